The van der Waals surface area contributed by atoms with Crippen molar-refractivity contribution in [1.29, 1.82) is 0 Å². The third kappa shape index (κ3) is 3.38. The maximum absolute atomic E-state index is 6.12. The Balaban J connectivity index is 2.16. The summed E-state index contributed by atoms with van der Waals surface area (Å²) in [6.45, 7) is 6.96. The Morgan fingerprint density at radius 1 is 1.30 bits per heavy atom. The highest BCUT2D eigenvalue weighted by Crippen LogP contribution is 2.39. The first-order valence-electron chi connectivity index (χ1n) is 7.81. The highest BCUT2D eigenvalue weighted by atomic mass is 16.5. The van der Waals surface area contributed by atoms with Crippen LogP contribution in [0, 0.1) is 5.92 Å². The van der Waals surface area contributed by atoms with Gasteiger partial charge < -0.3 is 15.0 Å². The second-order valence-electron chi connectivity index (χ2n) is 6.18. The molecule has 2 rings (SSSR count). The van der Waals surface area contributed by atoms with Crippen molar-refractivity contribution in [3.63, 3.8) is 0 Å². The van der Waals surface area contributed by atoms with Crippen molar-refractivity contribution in [1.82, 2.24) is 10.1 Å². The van der Waals surface area contributed by atoms with Crippen LogP contribution in [-0.4, -0.2) is 16.7 Å². The van der Waals surface area contributed by atoms with E-state index in [1.54, 1.807) is 0 Å². The molecule has 0 aliphatic heterocycles. The van der Waals surface area contributed by atoms with Crippen LogP contribution in [-0.2, 0) is 10.3 Å². The first-order chi connectivity index (χ1) is 9.57. The first-order valence-corrected chi connectivity index (χ1v) is 7.81. The Morgan fingerprint density at radius 3 is 2.60 bits per heavy atom. The minimum atomic E-state index is -0.355. The molecular formula is C15H27N3O2. The number of hydrogen-bond donors (Lipinski definition) is 1. The van der Waals surface area contributed by atoms with E-state index in [2.05, 4.69) is 24.0 Å². The van der Waals surface area contributed by atoms with Crippen molar-refractivity contribution < 1.29 is 9.26 Å². The van der Waals surface area contributed by atoms with Crippen LogP contribution in [0.5, 0.6) is 0 Å². The molecule has 1 aromatic heterocycles. The lowest BCUT2D eigenvalue weighted by Crippen LogP contribution is -2.33. The minimum Gasteiger partial charge on any atom is -0.367 e. The molecule has 5 heteroatoms. The zero-order valence-electron chi connectivity index (χ0n) is 12.9. The Morgan fingerprint density at radius 2 is 2.00 bits per heavy atom. The van der Waals surface area contributed by atoms with E-state index in [-0.39, 0.29) is 11.6 Å². The van der Waals surface area contributed by atoms with Gasteiger partial charge in [-0.3, -0.25) is 0 Å². The fraction of sp³-hybridized carbons (Fsp3) is 0.867. The monoisotopic (exact) mass is 281 g/mol. The summed E-state index contributed by atoms with van der Waals surface area (Å²) in [6, 6.07) is -0.182. The summed E-state index contributed by atoms with van der Waals surface area (Å²) in [5.41, 5.74) is 5.76. The van der Waals surface area contributed by atoms with E-state index < -0.39 is 0 Å². The molecule has 1 saturated carbocycles. The van der Waals surface area contributed by atoms with E-state index >= 15 is 0 Å². The zero-order valence-corrected chi connectivity index (χ0v) is 12.9. The Hall–Kier alpha value is -0.940. The van der Waals surface area contributed by atoms with Crippen molar-refractivity contribution in [2.75, 3.05) is 6.61 Å². The predicted molar refractivity (Wildman–Crippen MR) is 77.1 cm³/mol. The largest absolute Gasteiger partial charge is 0.367 e. The van der Waals surface area contributed by atoms with Crippen LogP contribution >= 0.6 is 0 Å². The van der Waals surface area contributed by atoms with E-state index in [9.17, 15) is 0 Å². The molecule has 0 radical (unpaired) electrons. The Labute approximate surface area is 121 Å². The smallest absolute Gasteiger partial charge is 0.243 e. The lowest BCUT2D eigenvalue weighted by atomic mass is 9.84. The van der Waals surface area contributed by atoms with Gasteiger partial charge in [-0.2, -0.15) is 4.98 Å². The van der Waals surface area contributed by atoms with Gasteiger partial charge in [-0.25, -0.2) is 0 Å². The molecular weight excluding hydrogens is 254 g/mol. The Bertz CT molecular complexity index is 405. The third-order valence-electron chi connectivity index (χ3n) is 3.97. The normalized spacial score (nSPS) is 20.2. The summed E-state index contributed by atoms with van der Waals surface area (Å²) in [6.07, 6.45) is 6.36. The molecule has 0 unspecified atom stereocenters. The molecule has 114 valence electrons. The summed E-state index contributed by atoms with van der Waals surface area (Å²) in [7, 11) is 0. The van der Waals surface area contributed by atoms with Crippen LogP contribution in [0.15, 0.2) is 4.52 Å². The molecule has 1 aromatic rings. The van der Waals surface area contributed by atoms with E-state index in [0.717, 1.165) is 32.1 Å². The maximum atomic E-state index is 6.12. The standard InChI is InChI=1S/C15H27N3O2/c1-4-19-15(8-6-5-7-9-15)14-17-13(20-18-14)12(16)10-11(2)3/h11-12H,4-10,16H2,1-3H3/t12-/m1/s1. The van der Waals surface area contributed by atoms with Crippen LogP contribution in [0.1, 0.15) is 77.1 Å². The molecule has 2 N–H and O–H groups in total. The average molecular weight is 281 g/mol. The van der Waals surface area contributed by atoms with Crippen LogP contribution in [0.25, 0.3) is 0 Å². The Kier molecular flexibility index (Phi) is 5.16. The van der Waals surface area contributed by atoms with Crippen LogP contribution in [0.3, 0.4) is 0 Å². The van der Waals surface area contributed by atoms with Crippen LogP contribution < -0.4 is 5.73 Å². The fourth-order valence-corrected chi connectivity index (χ4v) is 3.01. The third-order valence-corrected chi connectivity index (χ3v) is 3.97. The fourth-order valence-electron chi connectivity index (χ4n) is 3.01. The minimum absolute atomic E-state index is 0.182. The molecule has 1 atom stereocenters. The van der Waals surface area contributed by atoms with Crippen molar-refractivity contribution in [3.05, 3.63) is 11.7 Å². The first kappa shape index (κ1) is 15.4. The molecule has 1 aliphatic rings. The molecule has 0 saturated heterocycles. The van der Waals surface area contributed by atoms with Gasteiger partial charge in [0.2, 0.25) is 11.7 Å². The second-order valence-corrected chi connectivity index (χ2v) is 6.18. The lowest BCUT2D eigenvalue weighted by molar-refractivity contribution is -0.0777. The average Bonchev–Trinajstić information content (AvgIpc) is 2.89. The second kappa shape index (κ2) is 6.68. The number of nitrogens with zero attached hydrogens (tertiary/aromatic N) is 2. The molecule has 1 fully saturated rings. The van der Waals surface area contributed by atoms with Crippen LogP contribution in [0.4, 0.5) is 0 Å². The number of nitrogens with two attached hydrogens (primary N) is 1. The summed E-state index contributed by atoms with van der Waals surface area (Å²) in [5, 5.41) is 4.17. The van der Waals surface area contributed by atoms with Crippen LogP contribution in [0.2, 0.25) is 0 Å². The summed E-state index contributed by atoms with van der Waals surface area (Å²) in [4.78, 5) is 4.55. The molecule has 20 heavy (non-hydrogen) atoms. The SMILES string of the molecule is CCOC1(c2noc([C@H](N)CC(C)C)n2)CCCCC1. The summed E-state index contributed by atoms with van der Waals surface area (Å²) in [5.74, 6) is 1.74. The van der Waals surface area contributed by atoms with E-state index in [4.69, 9.17) is 15.0 Å². The molecule has 1 heterocycles. The van der Waals surface area contributed by atoms with Gasteiger partial charge in [0.15, 0.2) is 0 Å². The van der Waals surface area contributed by atoms with Gasteiger partial charge in [0.25, 0.3) is 0 Å². The maximum Gasteiger partial charge on any atom is 0.243 e. The number of hydrogen-bond acceptors (Lipinski definition) is 5. The van der Waals surface area contributed by atoms with Crippen molar-refractivity contribution in [2.24, 2.45) is 11.7 Å². The highest BCUT2D eigenvalue weighted by Gasteiger charge is 2.39. The van der Waals surface area contributed by atoms with Gasteiger partial charge in [0, 0.05) is 6.61 Å². The molecule has 0 spiro atoms. The van der Waals surface area contributed by atoms with Crippen molar-refractivity contribution in [2.45, 2.75) is 70.9 Å². The van der Waals surface area contributed by atoms with E-state index in [0.29, 0.717) is 24.2 Å². The topological polar surface area (TPSA) is 74.2 Å². The van der Waals surface area contributed by atoms with Gasteiger partial charge in [-0.05, 0) is 32.1 Å². The number of aromatic nitrogens is 2. The quantitative estimate of drug-likeness (QED) is 0.865. The van der Waals surface area contributed by atoms with Gasteiger partial charge >= 0.3 is 0 Å². The lowest BCUT2D eigenvalue weighted by Gasteiger charge is -2.33. The zero-order chi connectivity index (χ0) is 14.6. The molecule has 1 aliphatic carbocycles. The molecule has 0 bridgehead atoms. The van der Waals surface area contributed by atoms with Crippen molar-refractivity contribution >= 4 is 0 Å². The van der Waals surface area contributed by atoms with Gasteiger partial charge in [-0.15, -0.1) is 0 Å². The molecule has 0 amide bonds. The van der Waals surface area contributed by atoms with Gasteiger partial charge in [-0.1, -0.05) is 38.3 Å². The van der Waals surface area contributed by atoms with E-state index in [1.165, 1.54) is 6.42 Å². The van der Waals surface area contributed by atoms with Gasteiger partial charge in [0.1, 0.15) is 5.60 Å². The number of rotatable bonds is 6. The van der Waals surface area contributed by atoms with Crippen molar-refractivity contribution in [3.8, 4) is 0 Å². The molecule has 0 aromatic carbocycles. The number of ether oxygens (including phenoxy) is 1. The van der Waals surface area contributed by atoms with Gasteiger partial charge in [0.05, 0.1) is 6.04 Å². The summed E-state index contributed by atoms with van der Waals surface area (Å²) < 4.78 is 11.4. The van der Waals surface area contributed by atoms with E-state index in [1.807, 2.05) is 6.92 Å². The predicted octanol–water partition coefficient (Wildman–Crippen LogP) is 3.31. The molecule has 5 nitrogen and oxygen atoms in total. The highest BCUT2D eigenvalue weighted by molar-refractivity contribution is 5.05. The summed E-state index contributed by atoms with van der Waals surface area (Å²) >= 11 is 0.